The van der Waals surface area contributed by atoms with Crippen molar-refractivity contribution in [3.05, 3.63) is 11.3 Å². The minimum atomic E-state index is -1.14. The zero-order chi connectivity index (χ0) is 16.6. The highest BCUT2D eigenvalue weighted by molar-refractivity contribution is 8.00. The summed E-state index contributed by atoms with van der Waals surface area (Å²) in [5, 5.41) is 29.1. The van der Waals surface area contributed by atoms with E-state index in [0.29, 0.717) is 17.7 Å². The number of carboxylic acid groups (broad SMARTS) is 2. The molecule has 0 aromatic carbocycles. The zero-order valence-electron chi connectivity index (χ0n) is 11.6. The normalized spacial score (nSPS) is 20.3. The standard InChI is InChI=1S/C11H11N5O5S2/c17-6-1-7-16(6)9(10(20)21)5(3-22-7)4-23-11-12-13-14-15(11)2-8(18)19/h7H,1-4H2,(H,18,19)(H,20,21)/t7-/m0/s1. The van der Waals surface area contributed by atoms with Crippen LogP contribution in [0, 0.1) is 0 Å². The summed E-state index contributed by atoms with van der Waals surface area (Å²) in [5.41, 5.74) is 0.622. The van der Waals surface area contributed by atoms with Gasteiger partial charge in [0.25, 0.3) is 0 Å². The molecule has 2 aliphatic heterocycles. The van der Waals surface area contributed by atoms with Gasteiger partial charge in [0.05, 0.1) is 11.8 Å². The van der Waals surface area contributed by atoms with Gasteiger partial charge in [0.15, 0.2) is 0 Å². The summed E-state index contributed by atoms with van der Waals surface area (Å²) in [5.74, 6) is -1.64. The number of hydrogen-bond donors (Lipinski definition) is 2. The Hall–Kier alpha value is -2.08. The van der Waals surface area contributed by atoms with E-state index in [4.69, 9.17) is 5.11 Å². The first-order valence-corrected chi connectivity index (χ1v) is 8.50. The molecule has 0 saturated carbocycles. The average Bonchev–Trinajstić information content (AvgIpc) is 2.90. The monoisotopic (exact) mass is 357 g/mol. The Morgan fingerprint density at radius 2 is 2.17 bits per heavy atom. The van der Waals surface area contributed by atoms with Gasteiger partial charge in [-0.2, -0.15) is 0 Å². The topological polar surface area (TPSA) is 139 Å². The molecule has 0 spiro atoms. The van der Waals surface area contributed by atoms with Crippen molar-refractivity contribution in [2.24, 2.45) is 0 Å². The number of carbonyl (C=O) groups is 3. The van der Waals surface area contributed by atoms with Crippen LogP contribution in [-0.4, -0.2) is 70.0 Å². The van der Waals surface area contributed by atoms with Gasteiger partial charge >= 0.3 is 11.9 Å². The van der Waals surface area contributed by atoms with Crippen LogP contribution in [0.15, 0.2) is 16.4 Å². The van der Waals surface area contributed by atoms with Gasteiger partial charge < -0.3 is 10.2 Å². The molecular weight excluding hydrogens is 346 g/mol. The Labute approximate surface area is 137 Å². The number of tetrazole rings is 1. The summed E-state index contributed by atoms with van der Waals surface area (Å²) in [7, 11) is 0. The Morgan fingerprint density at radius 3 is 2.83 bits per heavy atom. The number of hydrogen-bond acceptors (Lipinski definition) is 8. The molecule has 1 saturated heterocycles. The summed E-state index contributed by atoms with van der Waals surface area (Å²) in [4.78, 5) is 35.2. The lowest BCUT2D eigenvalue weighted by Gasteiger charge is -2.43. The van der Waals surface area contributed by atoms with Crippen molar-refractivity contribution in [1.29, 1.82) is 0 Å². The fourth-order valence-corrected chi connectivity index (χ4v) is 4.55. The fraction of sp³-hybridized carbons (Fsp3) is 0.455. The van der Waals surface area contributed by atoms with Crippen LogP contribution in [0.5, 0.6) is 0 Å². The van der Waals surface area contributed by atoms with Gasteiger partial charge in [-0.1, -0.05) is 11.8 Å². The zero-order valence-corrected chi connectivity index (χ0v) is 13.2. The Bertz CT molecular complexity index is 717. The third kappa shape index (κ3) is 3.03. The molecule has 0 radical (unpaired) electrons. The molecule has 122 valence electrons. The first-order chi connectivity index (χ1) is 11.0. The van der Waals surface area contributed by atoms with E-state index in [1.807, 2.05) is 0 Å². The number of nitrogens with zero attached hydrogens (tertiary/aromatic N) is 5. The second-order valence-electron chi connectivity index (χ2n) is 4.79. The van der Waals surface area contributed by atoms with E-state index in [0.717, 1.165) is 16.4 Å². The Balaban J connectivity index is 1.77. The van der Waals surface area contributed by atoms with Crippen molar-refractivity contribution >= 4 is 41.4 Å². The van der Waals surface area contributed by atoms with Gasteiger partial charge in [0.2, 0.25) is 11.1 Å². The number of aliphatic carboxylic acids is 2. The minimum Gasteiger partial charge on any atom is -0.480 e. The van der Waals surface area contributed by atoms with Crippen molar-refractivity contribution in [3.63, 3.8) is 0 Å². The molecule has 0 unspecified atom stereocenters. The van der Waals surface area contributed by atoms with Crippen molar-refractivity contribution in [2.45, 2.75) is 23.5 Å². The van der Waals surface area contributed by atoms with Crippen LogP contribution in [0.25, 0.3) is 0 Å². The lowest BCUT2D eigenvalue weighted by atomic mass is 10.1. The quantitative estimate of drug-likeness (QED) is 0.505. The van der Waals surface area contributed by atoms with Crippen LogP contribution in [0.2, 0.25) is 0 Å². The number of β-lactam (4-membered cyclic amide) rings is 1. The molecule has 23 heavy (non-hydrogen) atoms. The van der Waals surface area contributed by atoms with Crippen LogP contribution in [0.3, 0.4) is 0 Å². The largest absolute Gasteiger partial charge is 0.480 e. The van der Waals surface area contributed by atoms with Gasteiger partial charge in [0.1, 0.15) is 12.2 Å². The van der Waals surface area contributed by atoms with Crippen molar-refractivity contribution < 1.29 is 24.6 Å². The molecule has 0 aliphatic carbocycles. The summed E-state index contributed by atoms with van der Waals surface area (Å²) in [6.07, 6.45) is 0.360. The number of thioether (sulfide) groups is 2. The molecule has 2 aliphatic rings. The molecule has 10 nitrogen and oxygen atoms in total. The summed E-state index contributed by atoms with van der Waals surface area (Å²) < 4.78 is 1.13. The van der Waals surface area contributed by atoms with E-state index in [2.05, 4.69) is 15.5 Å². The maximum absolute atomic E-state index is 11.6. The van der Waals surface area contributed by atoms with Crippen LogP contribution in [0.1, 0.15) is 6.42 Å². The predicted molar refractivity (Wildman–Crippen MR) is 78.5 cm³/mol. The van der Waals surface area contributed by atoms with E-state index in [-0.39, 0.29) is 34.4 Å². The molecule has 2 N–H and O–H groups in total. The molecular formula is C11H11N5O5S2. The van der Waals surface area contributed by atoms with Crippen molar-refractivity contribution in [3.8, 4) is 0 Å². The average molecular weight is 357 g/mol. The molecule has 3 rings (SSSR count). The van der Waals surface area contributed by atoms with Crippen LogP contribution in [-0.2, 0) is 20.9 Å². The fourth-order valence-electron chi connectivity index (χ4n) is 2.27. The van der Waals surface area contributed by atoms with Crippen LogP contribution < -0.4 is 0 Å². The summed E-state index contributed by atoms with van der Waals surface area (Å²) >= 11 is 2.66. The third-order valence-electron chi connectivity index (χ3n) is 3.29. The lowest BCUT2D eigenvalue weighted by molar-refractivity contribution is -0.146. The smallest absolute Gasteiger partial charge is 0.352 e. The van der Waals surface area contributed by atoms with E-state index < -0.39 is 11.9 Å². The van der Waals surface area contributed by atoms with Gasteiger partial charge in [-0.15, -0.1) is 16.9 Å². The van der Waals surface area contributed by atoms with Crippen molar-refractivity contribution in [1.82, 2.24) is 25.1 Å². The van der Waals surface area contributed by atoms with Crippen LogP contribution in [0.4, 0.5) is 0 Å². The highest BCUT2D eigenvalue weighted by Crippen LogP contribution is 2.40. The van der Waals surface area contributed by atoms with Gasteiger partial charge in [-0.05, 0) is 16.0 Å². The molecule has 1 amide bonds. The highest BCUT2D eigenvalue weighted by atomic mass is 32.2. The lowest BCUT2D eigenvalue weighted by Crippen LogP contribution is -2.54. The van der Waals surface area contributed by atoms with Crippen LogP contribution >= 0.6 is 23.5 Å². The van der Waals surface area contributed by atoms with E-state index in [1.165, 1.54) is 16.7 Å². The Kier molecular flexibility index (Phi) is 4.26. The second-order valence-corrected chi connectivity index (χ2v) is 6.90. The second kappa shape index (κ2) is 6.20. The molecule has 1 fully saturated rings. The molecule has 12 heteroatoms. The summed E-state index contributed by atoms with van der Waals surface area (Å²) in [6, 6.07) is 0. The first-order valence-electron chi connectivity index (χ1n) is 6.47. The molecule has 0 bridgehead atoms. The first kappa shape index (κ1) is 15.8. The number of aromatic nitrogens is 4. The predicted octanol–water partition coefficient (Wildman–Crippen LogP) is -0.506. The van der Waals surface area contributed by atoms with E-state index in [9.17, 15) is 19.5 Å². The maximum Gasteiger partial charge on any atom is 0.352 e. The molecule has 1 atom stereocenters. The third-order valence-corrected chi connectivity index (χ3v) is 5.61. The van der Waals surface area contributed by atoms with Gasteiger partial charge in [0, 0.05) is 11.5 Å². The SMILES string of the molecule is O=C(O)Cn1nnnc1SCC1=C(C(=O)O)N2C(=O)C[C@@H]2SC1. The number of carbonyl (C=O) groups excluding carboxylic acids is 1. The molecule has 3 heterocycles. The van der Waals surface area contributed by atoms with Gasteiger partial charge in [-0.3, -0.25) is 14.5 Å². The summed E-state index contributed by atoms with van der Waals surface area (Å²) in [6.45, 7) is -0.373. The number of rotatable bonds is 6. The number of carboxylic acids is 2. The van der Waals surface area contributed by atoms with E-state index in [1.54, 1.807) is 0 Å². The number of amides is 1. The number of fused-ring (bicyclic) bond motifs is 1. The molecule has 1 aromatic rings. The maximum atomic E-state index is 11.6. The van der Waals surface area contributed by atoms with Crippen molar-refractivity contribution in [2.75, 3.05) is 11.5 Å². The highest BCUT2D eigenvalue weighted by Gasteiger charge is 2.45. The Morgan fingerprint density at radius 1 is 1.39 bits per heavy atom. The minimum absolute atomic E-state index is 0.0229. The van der Waals surface area contributed by atoms with E-state index >= 15 is 0 Å². The van der Waals surface area contributed by atoms with Gasteiger partial charge in [-0.25, -0.2) is 9.48 Å². The molecule has 1 aromatic heterocycles.